The molecule has 0 saturated heterocycles. The van der Waals surface area contributed by atoms with Crippen molar-refractivity contribution < 1.29 is 9.00 Å². The maximum absolute atomic E-state index is 11.1. The number of rotatable bonds is 2. The van der Waals surface area contributed by atoms with Crippen LogP contribution in [-0.2, 0) is 11.0 Å². The van der Waals surface area contributed by atoms with Crippen LogP contribution in [0.4, 0.5) is 10.5 Å². The van der Waals surface area contributed by atoms with Crippen molar-refractivity contribution >= 4 is 22.7 Å². The number of nitrogens with two attached hydrogens (primary N) is 1. The molecule has 2 N–H and O–H groups in total. The molecule has 0 radical (unpaired) electrons. The van der Waals surface area contributed by atoms with Gasteiger partial charge in [-0.2, -0.15) is 0 Å². The Labute approximate surface area is 78.9 Å². The number of urea groups is 1. The summed E-state index contributed by atoms with van der Waals surface area (Å²) in [5.74, 6) is 0. The highest BCUT2D eigenvalue weighted by molar-refractivity contribution is 7.86. The van der Waals surface area contributed by atoms with E-state index in [0.29, 0.717) is 5.69 Å². The van der Waals surface area contributed by atoms with Crippen molar-refractivity contribution in [3.8, 4) is 0 Å². The molecule has 0 saturated carbocycles. The summed E-state index contributed by atoms with van der Waals surface area (Å²) >= 11 is 0. The van der Waals surface area contributed by atoms with Crippen molar-refractivity contribution in [1.29, 1.82) is 0 Å². The van der Waals surface area contributed by atoms with Gasteiger partial charge in [0.2, 0.25) is 0 Å². The van der Waals surface area contributed by atoms with Crippen LogP contribution in [0, 0.1) is 0 Å². The minimum Gasteiger partial charge on any atom is -0.350 e. The normalized spacial score (nSPS) is 12.1. The lowest BCUT2D eigenvalue weighted by Gasteiger charge is -2.15. The van der Waals surface area contributed by atoms with Gasteiger partial charge in [0.1, 0.15) is 11.0 Å². The van der Waals surface area contributed by atoms with Crippen molar-refractivity contribution in [3.05, 3.63) is 30.3 Å². The highest BCUT2D eigenvalue weighted by Crippen LogP contribution is 2.13. The van der Waals surface area contributed by atoms with E-state index in [2.05, 4.69) is 0 Å². The highest BCUT2D eigenvalue weighted by Gasteiger charge is 2.14. The van der Waals surface area contributed by atoms with E-state index in [0.717, 1.165) is 4.31 Å². The van der Waals surface area contributed by atoms with E-state index in [1.807, 2.05) is 0 Å². The first-order valence-corrected chi connectivity index (χ1v) is 5.12. The second-order valence-electron chi connectivity index (χ2n) is 2.39. The predicted molar refractivity (Wildman–Crippen MR) is 52.6 cm³/mol. The number of para-hydroxylation sites is 1. The number of nitrogens with zero attached hydrogens (tertiary/aromatic N) is 1. The Balaban J connectivity index is 3.03. The van der Waals surface area contributed by atoms with Crippen LogP contribution in [0.25, 0.3) is 0 Å². The van der Waals surface area contributed by atoms with E-state index in [9.17, 15) is 9.00 Å². The molecule has 70 valence electrons. The largest absolute Gasteiger partial charge is 0.350 e. The van der Waals surface area contributed by atoms with Gasteiger partial charge in [-0.1, -0.05) is 18.2 Å². The molecular formula is C8H10N2O2S. The lowest BCUT2D eigenvalue weighted by Crippen LogP contribution is -2.36. The lowest BCUT2D eigenvalue weighted by molar-refractivity contribution is 0.257. The third-order valence-corrected chi connectivity index (χ3v) is 2.35. The summed E-state index contributed by atoms with van der Waals surface area (Å²) in [5.41, 5.74) is 5.60. The number of hydrogen-bond donors (Lipinski definition) is 1. The number of primary amides is 1. The first-order valence-electron chi connectivity index (χ1n) is 3.61. The summed E-state index contributed by atoms with van der Waals surface area (Å²) in [6.07, 6.45) is 1.40. The minimum atomic E-state index is -1.43. The number of amides is 2. The standard InChI is InChI=1S/C8H10N2O2S/c1-13(12)10(8(9)11)7-5-3-2-4-6-7/h2-6H,1H3,(H2,9,11). The van der Waals surface area contributed by atoms with Gasteiger partial charge in [-0.05, 0) is 12.1 Å². The molecule has 0 aromatic heterocycles. The van der Waals surface area contributed by atoms with Gasteiger partial charge in [-0.15, -0.1) is 0 Å². The fourth-order valence-corrected chi connectivity index (χ4v) is 1.64. The first-order chi connectivity index (χ1) is 6.13. The molecule has 4 nitrogen and oxygen atoms in total. The maximum atomic E-state index is 11.1. The molecule has 0 aliphatic carbocycles. The number of benzene rings is 1. The van der Waals surface area contributed by atoms with E-state index < -0.39 is 17.0 Å². The maximum Gasteiger partial charge on any atom is 0.331 e. The number of carbonyl (C=O) groups is 1. The molecule has 1 aromatic rings. The molecule has 0 aliphatic heterocycles. The van der Waals surface area contributed by atoms with Gasteiger partial charge in [0, 0.05) is 6.26 Å². The average molecular weight is 198 g/mol. The van der Waals surface area contributed by atoms with Crippen LogP contribution in [0.2, 0.25) is 0 Å². The molecule has 1 unspecified atom stereocenters. The van der Waals surface area contributed by atoms with Gasteiger partial charge in [0.25, 0.3) is 0 Å². The smallest absolute Gasteiger partial charge is 0.331 e. The summed E-state index contributed by atoms with van der Waals surface area (Å²) in [7, 11) is -1.43. The lowest BCUT2D eigenvalue weighted by atomic mass is 10.3. The van der Waals surface area contributed by atoms with Gasteiger partial charge >= 0.3 is 6.03 Å². The van der Waals surface area contributed by atoms with E-state index in [4.69, 9.17) is 5.73 Å². The van der Waals surface area contributed by atoms with Crippen molar-refractivity contribution in [3.63, 3.8) is 0 Å². The second-order valence-corrected chi connectivity index (χ2v) is 3.60. The van der Waals surface area contributed by atoms with E-state index in [1.54, 1.807) is 30.3 Å². The third kappa shape index (κ3) is 2.29. The summed E-state index contributed by atoms with van der Waals surface area (Å²) in [6.45, 7) is 0. The molecule has 1 atom stereocenters. The topological polar surface area (TPSA) is 63.4 Å². The molecule has 2 amide bonds. The summed E-state index contributed by atoms with van der Waals surface area (Å²) in [4.78, 5) is 10.9. The number of carbonyl (C=O) groups excluding carboxylic acids is 1. The van der Waals surface area contributed by atoms with Crippen LogP contribution in [0.15, 0.2) is 30.3 Å². The van der Waals surface area contributed by atoms with Gasteiger partial charge in [-0.3, -0.25) is 0 Å². The molecule has 0 heterocycles. The van der Waals surface area contributed by atoms with E-state index in [-0.39, 0.29) is 0 Å². The number of hydrogen-bond acceptors (Lipinski definition) is 2. The Bertz CT molecular complexity index is 312. The Morgan fingerprint density at radius 3 is 2.31 bits per heavy atom. The molecule has 5 heteroatoms. The fraction of sp³-hybridized carbons (Fsp3) is 0.125. The Hall–Kier alpha value is -1.36. The molecule has 1 aromatic carbocycles. The monoisotopic (exact) mass is 198 g/mol. The molecule has 0 aliphatic rings. The van der Waals surface area contributed by atoms with Crippen LogP contribution in [0.5, 0.6) is 0 Å². The van der Waals surface area contributed by atoms with Gasteiger partial charge in [0.05, 0.1) is 5.69 Å². The van der Waals surface area contributed by atoms with Crippen molar-refractivity contribution in [2.24, 2.45) is 5.73 Å². The summed E-state index contributed by atoms with van der Waals surface area (Å²) in [5, 5.41) is 0. The van der Waals surface area contributed by atoms with Crippen LogP contribution >= 0.6 is 0 Å². The molecule has 13 heavy (non-hydrogen) atoms. The summed E-state index contributed by atoms with van der Waals surface area (Å²) in [6, 6.07) is 7.93. The third-order valence-electron chi connectivity index (χ3n) is 1.45. The minimum absolute atomic E-state index is 0.538. The Morgan fingerprint density at radius 1 is 1.38 bits per heavy atom. The zero-order valence-corrected chi connectivity index (χ0v) is 7.95. The first kappa shape index (κ1) is 9.73. The van der Waals surface area contributed by atoms with Crippen LogP contribution in [0.3, 0.4) is 0 Å². The molecular weight excluding hydrogens is 188 g/mol. The zero-order chi connectivity index (χ0) is 9.84. The Morgan fingerprint density at radius 2 is 1.92 bits per heavy atom. The molecule has 0 fully saturated rings. The molecule has 0 bridgehead atoms. The average Bonchev–Trinajstić information content (AvgIpc) is 2.04. The van der Waals surface area contributed by atoms with Crippen molar-refractivity contribution in [1.82, 2.24) is 0 Å². The van der Waals surface area contributed by atoms with Gasteiger partial charge < -0.3 is 5.73 Å². The van der Waals surface area contributed by atoms with E-state index >= 15 is 0 Å². The predicted octanol–water partition coefficient (Wildman–Crippen LogP) is 0.865. The SMILES string of the molecule is CS(=O)N(C(N)=O)c1ccccc1. The fourth-order valence-electron chi connectivity index (χ4n) is 0.966. The van der Waals surface area contributed by atoms with Crippen LogP contribution < -0.4 is 10.0 Å². The summed E-state index contributed by atoms with van der Waals surface area (Å²) < 4.78 is 12.1. The highest BCUT2D eigenvalue weighted by atomic mass is 32.2. The van der Waals surface area contributed by atoms with Crippen LogP contribution in [-0.4, -0.2) is 16.5 Å². The van der Waals surface area contributed by atoms with Gasteiger partial charge in [-0.25, -0.2) is 13.3 Å². The molecule has 0 spiro atoms. The molecule has 1 rings (SSSR count). The van der Waals surface area contributed by atoms with Crippen LogP contribution in [0.1, 0.15) is 0 Å². The zero-order valence-electron chi connectivity index (χ0n) is 7.14. The Kier molecular flexibility index (Phi) is 3.02. The van der Waals surface area contributed by atoms with Crippen molar-refractivity contribution in [2.45, 2.75) is 0 Å². The number of anilines is 1. The van der Waals surface area contributed by atoms with Crippen molar-refractivity contribution in [2.75, 3.05) is 10.6 Å². The quantitative estimate of drug-likeness (QED) is 0.766. The van der Waals surface area contributed by atoms with Gasteiger partial charge in [0.15, 0.2) is 0 Å². The van der Waals surface area contributed by atoms with E-state index in [1.165, 1.54) is 6.26 Å². The second kappa shape index (κ2) is 4.04.